The molecule has 0 bridgehead atoms. The van der Waals surface area contributed by atoms with Crippen molar-refractivity contribution in [1.82, 2.24) is 0 Å². The lowest BCUT2D eigenvalue weighted by atomic mass is 9.91. The Hall–Kier alpha value is -6.70. The third-order valence-electron chi connectivity index (χ3n) is 10.4. The maximum atomic E-state index is 2.39. The van der Waals surface area contributed by atoms with Gasteiger partial charge in [-0.2, -0.15) is 0 Å². The highest BCUT2D eigenvalue weighted by atomic mass is 15.1. The molecular formula is C50H33N. The quantitative estimate of drug-likeness (QED) is 0.168. The fourth-order valence-electron chi connectivity index (χ4n) is 7.94. The predicted molar refractivity (Wildman–Crippen MR) is 220 cm³/mol. The zero-order chi connectivity index (χ0) is 33.7. The van der Waals surface area contributed by atoms with Crippen molar-refractivity contribution in [2.75, 3.05) is 4.90 Å². The molecule has 0 saturated heterocycles. The Morgan fingerprint density at radius 1 is 0.255 bits per heavy atom. The van der Waals surface area contributed by atoms with E-state index in [4.69, 9.17) is 0 Å². The maximum absolute atomic E-state index is 2.39. The summed E-state index contributed by atoms with van der Waals surface area (Å²) in [6.07, 6.45) is 0. The minimum atomic E-state index is 1.11. The Morgan fingerprint density at radius 3 is 1.57 bits per heavy atom. The Labute approximate surface area is 297 Å². The van der Waals surface area contributed by atoms with Crippen LogP contribution in [-0.2, 0) is 0 Å². The Kier molecular flexibility index (Phi) is 6.89. The van der Waals surface area contributed by atoms with Crippen molar-refractivity contribution in [2.24, 2.45) is 0 Å². The van der Waals surface area contributed by atoms with E-state index in [1.165, 1.54) is 76.1 Å². The van der Waals surface area contributed by atoms with Crippen molar-refractivity contribution in [3.05, 3.63) is 200 Å². The molecule has 0 atom stereocenters. The van der Waals surface area contributed by atoms with Crippen LogP contribution in [0.2, 0.25) is 0 Å². The molecule has 0 saturated carbocycles. The molecule has 238 valence electrons. The van der Waals surface area contributed by atoms with E-state index >= 15 is 0 Å². The van der Waals surface area contributed by atoms with Crippen LogP contribution in [0, 0.1) is 0 Å². The largest absolute Gasteiger partial charge is 0.310 e. The number of fused-ring (bicyclic) bond motifs is 8. The molecule has 0 aromatic heterocycles. The first-order chi connectivity index (χ1) is 25.3. The highest BCUT2D eigenvalue weighted by Crippen LogP contribution is 2.42. The molecule has 0 fully saturated rings. The minimum absolute atomic E-state index is 1.11. The van der Waals surface area contributed by atoms with Crippen LogP contribution < -0.4 is 4.90 Å². The summed E-state index contributed by atoms with van der Waals surface area (Å²) >= 11 is 0. The van der Waals surface area contributed by atoms with Gasteiger partial charge in [-0.05, 0) is 113 Å². The molecule has 0 heterocycles. The lowest BCUT2D eigenvalue weighted by molar-refractivity contribution is 1.29. The molecule has 0 unspecified atom stereocenters. The van der Waals surface area contributed by atoms with E-state index in [1.807, 2.05) is 0 Å². The molecule has 0 spiro atoms. The van der Waals surface area contributed by atoms with Gasteiger partial charge in [0.15, 0.2) is 0 Å². The molecule has 0 aliphatic carbocycles. The van der Waals surface area contributed by atoms with E-state index in [9.17, 15) is 0 Å². The van der Waals surface area contributed by atoms with Gasteiger partial charge in [-0.15, -0.1) is 0 Å². The van der Waals surface area contributed by atoms with Crippen molar-refractivity contribution in [3.63, 3.8) is 0 Å². The highest BCUT2D eigenvalue weighted by Gasteiger charge is 2.16. The normalized spacial score (nSPS) is 11.5. The van der Waals surface area contributed by atoms with Crippen LogP contribution in [0.5, 0.6) is 0 Å². The molecule has 0 N–H and O–H groups in total. The van der Waals surface area contributed by atoms with Gasteiger partial charge in [0.05, 0.1) is 0 Å². The third kappa shape index (κ3) is 5.02. The second-order valence-corrected chi connectivity index (χ2v) is 13.3. The summed E-state index contributed by atoms with van der Waals surface area (Å²) in [5.74, 6) is 0. The van der Waals surface area contributed by atoms with Crippen LogP contribution in [0.1, 0.15) is 0 Å². The van der Waals surface area contributed by atoms with Crippen LogP contribution in [0.3, 0.4) is 0 Å². The summed E-state index contributed by atoms with van der Waals surface area (Å²) in [7, 11) is 0. The molecule has 0 aliphatic rings. The number of hydrogen-bond donors (Lipinski definition) is 0. The van der Waals surface area contributed by atoms with Crippen LogP contribution in [0.15, 0.2) is 200 Å². The third-order valence-corrected chi connectivity index (χ3v) is 10.4. The SMILES string of the molecule is c1ccc(-c2cccc(N(c3ccc(-c4cccc5ccc6ccc7ccccc7c6c45)cc3)c3ccc4ccc5ccccc5c4c3)c2)cc1. The number of nitrogens with zero attached hydrogens (tertiary/aromatic N) is 1. The van der Waals surface area contributed by atoms with Gasteiger partial charge < -0.3 is 4.90 Å². The second-order valence-electron chi connectivity index (χ2n) is 13.3. The fourth-order valence-corrected chi connectivity index (χ4v) is 7.94. The zero-order valence-electron chi connectivity index (χ0n) is 28.0. The molecule has 10 aromatic carbocycles. The summed E-state index contributed by atoms with van der Waals surface area (Å²) in [4.78, 5) is 2.39. The van der Waals surface area contributed by atoms with E-state index in [1.54, 1.807) is 0 Å². The van der Waals surface area contributed by atoms with Gasteiger partial charge in [-0.3, -0.25) is 0 Å². The van der Waals surface area contributed by atoms with Gasteiger partial charge >= 0.3 is 0 Å². The van der Waals surface area contributed by atoms with Gasteiger partial charge in [0, 0.05) is 17.1 Å². The molecule has 10 aromatic rings. The zero-order valence-corrected chi connectivity index (χ0v) is 28.0. The highest BCUT2D eigenvalue weighted by molar-refractivity contribution is 6.24. The smallest absolute Gasteiger partial charge is 0.0468 e. The van der Waals surface area contributed by atoms with E-state index in [-0.39, 0.29) is 0 Å². The number of hydrogen-bond acceptors (Lipinski definition) is 1. The van der Waals surface area contributed by atoms with Crippen LogP contribution in [0.4, 0.5) is 17.1 Å². The maximum Gasteiger partial charge on any atom is 0.0468 e. The summed E-state index contributed by atoms with van der Waals surface area (Å²) in [6, 6.07) is 73.1. The molecule has 0 radical (unpaired) electrons. The Balaban J connectivity index is 1.16. The molecule has 0 amide bonds. The lowest BCUT2D eigenvalue weighted by Gasteiger charge is -2.27. The summed E-state index contributed by atoms with van der Waals surface area (Å²) in [6.45, 7) is 0. The Morgan fingerprint density at radius 2 is 0.784 bits per heavy atom. The predicted octanol–water partition coefficient (Wildman–Crippen LogP) is 14.3. The average Bonchev–Trinajstić information content (AvgIpc) is 3.21. The molecule has 51 heavy (non-hydrogen) atoms. The van der Waals surface area contributed by atoms with Crippen LogP contribution >= 0.6 is 0 Å². The fraction of sp³-hybridized carbons (Fsp3) is 0. The molecule has 10 rings (SSSR count). The average molecular weight is 648 g/mol. The van der Waals surface area contributed by atoms with Crippen LogP contribution in [0.25, 0.3) is 76.1 Å². The van der Waals surface area contributed by atoms with Crippen molar-refractivity contribution in [1.29, 1.82) is 0 Å². The van der Waals surface area contributed by atoms with E-state index in [0.29, 0.717) is 0 Å². The molecule has 1 heteroatoms. The van der Waals surface area contributed by atoms with Crippen molar-refractivity contribution >= 4 is 70.9 Å². The first-order valence-electron chi connectivity index (χ1n) is 17.6. The van der Waals surface area contributed by atoms with Crippen molar-refractivity contribution in [3.8, 4) is 22.3 Å². The summed E-state index contributed by atoms with van der Waals surface area (Å²) < 4.78 is 0. The van der Waals surface area contributed by atoms with E-state index in [0.717, 1.165) is 17.1 Å². The van der Waals surface area contributed by atoms with Crippen molar-refractivity contribution < 1.29 is 0 Å². The van der Waals surface area contributed by atoms with Gasteiger partial charge in [-0.25, -0.2) is 0 Å². The topological polar surface area (TPSA) is 3.24 Å². The van der Waals surface area contributed by atoms with E-state index < -0.39 is 0 Å². The van der Waals surface area contributed by atoms with Gasteiger partial charge in [0.1, 0.15) is 0 Å². The number of rotatable bonds is 5. The van der Waals surface area contributed by atoms with Gasteiger partial charge in [0.25, 0.3) is 0 Å². The molecule has 1 nitrogen and oxygen atoms in total. The first-order valence-corrected chi connectivity index (χ1v) is 17.6. The van der Waals surface area contributed by atoms with Gasteiger partial charge in [-0.1, -0.05) is 164 Å². The Bertz CT molecular complexity index is 2900. The molecular weight excluding hydrogens is 615 g/mol. The molecule has 0 aliphatic heterocycles. The number of anilines is 3. The minimum Gasteiger partial charge on any atom is -0.310 e. The standard InChI is InChI=1S/C50H33N/c1-2-10-34(11-3-1)41-15-8-16-43(32-41)51(44-31-28-38-21-20-35-12-4-6-17-45(35)48(38)33-44)42-29-26-37(27-30-42)47-19-9-14-39-24-25-40-23-22-36-13-5-7-18-46(36)50(40)49(39)47/h1-33H. The van der Waals surface area contributed by atoms with Crippen molar-refractivity contribution in [2.45, 2.75) is 0 Å². The second kappa shape index (κ2) is 12.0. The van der Waals surface area contributed by atoms with Gasteiger partial charge in [0.2, 0.25) is 0 Å². The first kappa shape index (κ1) is 29.2. The summed E-state index contributed by atoms with van der Waals surface area (Å²) in [5.41, 5.74) is 8.19. The lowest BCUT2D eigenvalue weighted by Crippen LogP contribution is -2.10. The number of benzene rings is 10. The monoisotopic (exact) mass is 647 g/mol. The van der Waals surface area contributed by atoms with E-state index in [2.05, 4.69) is 205 Å². The summed E-state index contributed by atoms with van der Waals surface area (Å²) in [5, 5.41) is 12.7. The van der Waals surface area contributed by atoms with Crippen LogP contribution in [-0.4, -0.2) is 0 Å².